The van der Waals surface area contributed by atoms with Gasteiger partial charge in [-0.2, -0.15) is 4.98 Å². The Morgan fingerprint density at radius 2 is 1.74 bits per heavy atom. The Kier molecular flexibility index (Phi) is 12.2. The van der Waals surface area contributed by atoms with Gasteiger partial charge in [-0.25, -0.2) is 9.97 Å². The van der Waals surface area contributed by atoms with Gasteiger partial charge in [0.2, 0.25) is 11.9 Å². The molecule has 1 unspecified atom stereocenters. The molecule has 172 valence electrons. The van der Waals surface area contributed by atoms with Crippen molar-refractivity contribution in [1.29, 1.82) is 0 Å². The average Bonchev–Trinajstić information content (AvgIpc) is 2.72. The van der Waals surface area contributed by atoms with E-state index in [0.717, 1.165) is 13.3 Å². The molecule has 1 atom stereocenters. The maximum Gasteiger partial charge on any atom is 0.300 e. The molecule has 1 aromatic heterocycles. The first-order valence-electron chi connectivity index (χ1n) is 11.1. The van der Waals surface area contributed by atoms with Crippen molar-refractivity contribution in [3.05, 3.63) is 42.2 Å². The lowest BCUT2D eigenvalue weighted by molar-refractivity contribution is -0.134. The quantitative estimate of drug-likeness (QED) is 0.369. The SMILES string of the molecule is CC(=O)O.CCCCCC(C)(C)CCC(C)Nc1ncnc(NCc2ccccc2)n1. The van der Waals surface area contributed by atoms with Crippen LogP contribution in [0, 0.1) is 5.41 Å². The van der Waals surface area contributed by atoms with E-state index in [9.17, 15) is 0 Å². The minimum atomic E-state index is -0.833. The fourth-order valence-electron chi connectivity index (χ4n) is 3.11. The van der Waals surface area contributed by atoms with Crippen molar-refractivity contribution >= 4 is 17.9 Å². The molecule has 0 saturated carbocycles. The summed E-state index contributed by atoms with van der Waals surface area (Å²) in [4.78, 5) is 22.0. The smallest absolute Gasteiger partial charge is 0.300 e. The molecule has 0 aliphatic rings. The molecule has 31 heavy (non-hydrogen) atoms. The van der Waals surface area contributed by atoms with Crippen LogP contribution in [0.5, 0.6) is 0 Å². The van der Waals surface area contributed by atoms with Gasteiger partial charge in [0.05, 0.1) is 0 Å². The topological polar surface area (TPSA) is 100 Å². The van der Waals surface area contributed by atoms with Crippen LogP contribution in [-0.2, 0) is 11.3 Å². The van der Waals surface area contributed by atoms with Gasteiger partial charge in [0, 0.05) is 19.5 Å². The van der Waals surface area contributed by atoms with Crippen LogP contribution in [0.25, 0.3) is 0 Å². The fourth-order valence-corrected chi connectivity index (χ4v) is 3.11. The predicted octanol–water partition coefficient (Wildman–Crippen LogP) is 5.76. The van der Waals surface area contributed by atoms with Gasteiger partial charge in [-0.05, 0) is 37.2 Å². The Hall–Kier alpha value is -2.70. The van der Waals surface area contributed by atoms with Crippen LogP contribution in [0.3, 0.4) is 0 Å². The van der Waals surface area contributed by atoms with Crippen LogP contribution in [-0.4, -0.2) is 32.1 Å². The van der Waals surface area contributed by atoms with Gasteiger partial charge in [-0.15, -0.1) is 0 Å². The molecule has 2 rings (SSSR count). The van der Waals surface area contributed by atoms with E-state index in [4.69, 9.17) is 9.90 Å². The summed E-state index contributed by atoms with van der Waals surface area (Å²) < 4.78 is 0. The molecule has 0 amide bonds. The molecule has 0 bridgehead atoms. The van der Waals surface area contributed by atoms with Crippen LogP contribution in [0.2, 0.25) is 0 Å². The molecule has 0 radical (unpaired) electrons. The van der Waals surface area contributed by atoms with Crippen molar-refractivity contribution in [3.63, 3.8) is 0 Å². The van der Waals surface area contributed by atoms with Crippen molar-refractivity contribution in [2.45, 2.75) is 85.7 Å². The minimum absolute atomic E-state index is 0.333. The molecule has 0 spiro atoms. The first-order valence-corrected chi connectivity index (χ1v) is 11.1. The number of hydrogen-bond donors (Lipinski definition) is 3. The number of rotatable bonds is 12. The summed E-state index contributed by atoms with van der Waals surface area (Å²) in [5, 5.41) is 14.1. The van der Waals surface area contributed by atoms with E-state index in [1.807, 2.05) is 18.2 Å². The number of carboxylic acids is 1. The zero-order chi connectivity index (χ0) is 23.1. The second-order valence-corrected chi connectivity index (χ2v) is 8.70. The molecule has 7 nitrogen and oxygen atoms in total. The summed E-state index contributed by atoms with van der Waals surface area (Å²) in [5.74, 6) is 0.403. The molecule has 1 heterocycles. The van der Waals surface area contributed by atoms with Gasteiger partial charge >= 0.3 is 0 Å². The number of hydrogen-bond acceptors (Lipinski definition) is 6. The summed E-state index contributed by atoms with van der Waals surface area (Å²) in [6, 6.07) is 10.6. The third-order valence-corrected chi connectivity index (χ3v) is 4.95. The lowest BCUT2D eigenvalue weighted by Crippen LogP contribution is -2.21. The Morgan fingerprint density at radius 1 is 1.10 bits per heavy atom. The summed E-state index contributed by atoms with van der Waals surface area (Å²) >= 11 is 0. The highest BCUT2D eigenvalue weighted by atomic mass is 16.4. The van der Waals surface area contributed by atoms with Gasteiger partial charge < -0.3 is 15.7 Å². The summed E-state index contributed by atoms with van der Waals surface area (Å²) in [6.45, 7) is 11.0. The third kappa shape index (κ3) is 13.3. The largest absolute Gasteiger partial charge is 0.481 e. The number of benzene rings is 1. The van der Waals surface area contributed by atoms with Crippen LogP contribution in [0.4, 0.5) is 11.9 Å². The van der Waals surface area contributed by atoms with E-state index in [1.165, 1.54) is 37.7 Å². The summed E-state index contributed by atoms with van der Waals surface area (Å²) in [7, 11) is 0. The molecule has 0 fully saturated rings. The molecule has 0 aliphatic heterocycles. The van der Waals surface area contributed by atoms with Crippen LogP contribution >= 0.6 is 0 Å². The second kappa shape index (κ2) is 14.3. The highest BCUT2D eigenvalue weighted by molar-refractivity contribution is 5.62. The Balaban J connectivity index is 0.00000110. The number of carbonyl (C=O) groups is 1. The highest BCUT2D eigenvalue weighted by Crippen LogP contribution is 2.30. The summed E-state index contributed by atoms with van der Waals surface area (Å²) in [5.41, 5.74) is 1.60. The lowest BCUT2D eigenvalue weighted by Gasteiger charge is -2.26. The number of nitrogens with zero attached hydrogens (tertiary/aromatic N) is 3. The minimum Gasteiger partial charge on any atom is -0.481 e. The Morgan fingerprint density at radius 3 is 2.39 bits per heavy atom. The van der Waals surface area contributed by atoms with Crippen molar-refractivity contribution < 1.29 is 9.90 Å². The van der Waals surface area contributed by atoms with E-state index in [2.05, 4.69) is 65.4 Å². The van der Waals surface area contributed by atoms with E-state index in [-0.39, 0.29) is 0 Å². The van der Waals surface area contributed by atoms with E-state index in [0.29, 0.717) is 29.9 Å². The molecule has 0 aliphatic carbocycles. The normalized spacial score (nSPS) is 11.8. The third-order valence-electron chi connectivity index (χ3n) is 4.95. The number of unbranched alkanes of at least 4 members (excludes halogenated alkanes) is 2. The highest BCUT2D eigenvalue weighted by Gasteiger charge is 2.18. The molecule has 1 aromatic carbocycles. The first-order chi connectivity index (χ1) is 14.7. The van der Waals surface area contributed by atoms with Crippen molar-refractivity contribution in [2.75, 3.05) is 10.6 Å². The van der Waals surface area contributed by atoms with Crippen molar-refractivity contribution in [3.8, 4) is 0 Å². The standard InChI is InChI=1S/C22H35N5.C2H4O2/c1-5-6-10-14-22(3,4)15-13-18(2)26-21-25-17-24-20(27-21)23-16-19-11-8-7-9-12-19;1-2(3)4/h7-9,11-12,17-18H,5-6,10,13-16H2,1-4H3,(H2,23,24,25,26,27);1H3,(H,3,4). The van der Waals surface area contributed by atoms with Gasteiger partial charge in [-0.3, -0.25) is 4.79 Å². The average molecular weight is 430 g/mol. The lowest BCUT2D eigenvalue weighted by atomic mass is 9.81. The van der Waals surface area contributed by atoms with E-state index >= 15 is 0 Å². The monoisotopic (exact) mass is 429 g/mol. The molecular weight excluding hydrogens is 390 g/mol. The summed E-state index contributed by atoms with van der Waals surface area (Å²) in [6.07, 6.45) is 9.12. The number of carboxylic acid groups (broad SMARTS) is 1. The molecule has 7 heteroatoms. The number of nitrogens with one attached hydrogen (secondary N) is 2. The van der Waals surface area contributed by atoms with Crippen LogP contribution in [0.1, 0.15) is 78.7 Å². The number of aromatic nitrogens is 3. The molecular formula is C24H39N5O2. The van der Waals surface area contributed by atoms with Gasteiger partial charge in [-0.1, -0.05) is 70.4 Å². The van der Waals surface area contributed by atoms with Crippen LogP contribution in [0.15, 0.2) is 36.7 Å². The van der Waals surface area contributed by atoms with Crippen LogP contribution < -0.4 is 10.6 Å². The van der Waals surface area contributed by atoms with E-state index < -0.39 is 5.97 Å². The zero-order valence-corrected chi connectivity index (χ0v) is 19.7. The van der Waals surface area contributed by atoms with Gasteiger partial charge in [0.25, 0.3) is 5.97 Å². The zero-order valence-electron chi connectivity index (χ0n) is 19.7. The second-order valence-electron chi connectivity index (χ2n) is 8.70. The Labute approximate surface area is 187 Å². The van der Waals surface area contributed by atoms with Gasteiger partial charge in [0.1, 0.15) is 6.33 Å². The molecule has 0 saturated heterocycles. The van der Waals surface area contributed by atoms with Crippen molar-refractivity contribution in [2.24, 2.45) is 5.41 Å². The van der Waals surface area contributed by atoms with E-state index in [1.54, 1.807) is 6.33 Å². The van der Waals surface area contributed by atoms with Crippen molar-refractivity contribution in [1.82, 2.24) is 15.0 Å². The number of anilines is 2. The predicted molar refractivity (Wildman–Crippen MR) is 127 cm³/mol. The fraction of sp³-hybridized carbons (Fsp3) is 0.583. The van der Waals surface area contributed by atoms with Gasteiger partial charge in [0.15, 0.2) is 0 Å². The molecule has 2 aromatic rings. The maximum atomic E-state index is 9.00. The number of aliphatic carboxylic acids is 1. The Bertz CT molecular complexity index is 749. The first kappa shape index (κ1) is 26.3. The molecule has 3 N–H and O–H groups in total. The maximum absolute atomic E-state index is 9.00.